The fourth-order valence-corrected chi connectivity index (χ4v) is 4.09. The molecule has 0 bridgehead atoms. The third kappa shape index (κ3) is 15.6. The summed E-state index contributed by atoms with van der Waals surface area (Å²) < 4.78 is 0. The monoisotopic (exact) mass is 412 g/mol. The van der Waals surface area contributed by atoms with Crippen LogP contribution in [0, 0.1) is 0 Å². The van der Waals surface area contributed by atoms with Crippen LogP contribution in [0.4, 0.5) is 0 Å². The first-order chi connectivity index (χ1) is 13.7. The molecule has 0 saturated carbocycles. The van der Waals surface area contributed by atoms with Crippen LogP contribution in [0.5, 0.6) is 0 Å². The van der Waals surface area contributed by atoms with Gasteiger partial charge in [-0.1, -0.05) is 105 Å². The lowest BCUT2D eigenvalue weighted by Gasteiger charge is -2.34. The van der Waals surface area contributed by atoms with Crippen LogP contribution in [0.15, 0.2) is 0 Å². The van der Waals surface area contributed by atoms with Gasteiger partial charge in [0.1, 0.15) is 0 Å². The van der Waals surface area contributed by atoms with E-state index in [4.69, 9.17) is 12.2 Å². The maximum atomic E-state index is 6.06. The molecule has 0 atom stereocenters. The number of unbranched alkanes of at least 4 members (excludes halogenated alkanes) is 12. The third-order valence-corrected chi connectivity index (χ3v) is 6.18. The number of hydrogen-bond donors (Lipinski definition) is 0. The molecule has 0 aliphatic rings. The van der Waals surface area contributed by atoms with Crippen molar-refractivity contribution < 1.29 is 0 Å². The summed E-state index contributed by atoms with van der Waals surface area (Å²) in [4.78, 5) is 5.11. The molecule has 0 aliphatic carbocycles. The highest BCUT2D eigenvalue weighted by atomic mass is 32.1. The zero-order chi connectivity index (χ0) is 20.9. The quantitative estimate of drug-likeness (QED) is 0.147. The fraction of sp³-hybridized carbons (Fsp3) is 0.960. The molecule has 0 radical (unpaired) electrons. The van der Waals surface area contributed by atoms with Crippen LogP contribution in [0.3, 0.4) is 0 Å². The van der Waals surface area contributed by atoms with E-state index in [1.165, 1.54) is 103 Å². The number of thiocarbonyl (C=S) groups is 1. The van der Waals surface area contributed by atoms with Crippen LogP contribution in [0.1, 0.15) is 130 Å². The molecule has 0 unspecified atom stereocenters. The molecule has 0 saturated heterocycles. The van der Waals surface area contributed by atoms with Crippen molar-refractivity contribution in [2.75, 3.05) is 26.2 Å². The largest absolute Gasteiger partial charge is 0.349 e. The fourth-order valence-electron chi connectivity index (χ4n) is 3.72. The topological polar surface area (TPSA) is 6.48 Å². The standard InChI is InChI=1S/C25H52N2S/c1-5-9-13-17-21-26(22-18-14-10-6-2)25(28)27(23-19-15-11-7-3)24-20-16-12-8-4/h5-24H2,1-4H3. The normalized spacial score (nSPS) is 11.0. The average molecular weight is 413 g/mol. The predicted molar refractivity (Wildman–Crippen MR) is 132 cm³/mol. The second kappa shape index (κ2) is 21.4. The summed E-state index contributed by atoms with van der Waals surface area (Å²) in [5, 5.41) is 1.15. The third-order valence-electron chi connectivity index (χ3n) is 5.67. The Hall–Kier alpha value is -0.310. The molecule has 0 aromatic carbocycles. The van der Waals surface area contributed by atoms with Crippen molar-refractivity contribution >= 4 is 17.3 Å². The van der Waals surface area contributed by atoms with Gasteiger partial charge in [-0.25, -0.2) is 0 Å². The number of rotatable bonds is 20. The van der Waals surface area contributed by atoms with Crippen molar-refractivity contribution in [3.63, 3.8) is 0 Å². The maximum absolute atomic E-state index is 6.06. The van der Waals surface area contributed by atoms with Gasteiger partial charge in [-0.2, -0.15) is 0 Å². The highest BCUT2D eigenvalue weighted by molar-refractivity contribution is 7.80. The van der Waals surface area contributed by atoms with E-state index in [0.29, 0.717) is 0 Å². The van der Waals surface area contributed by atoms with E-state index in [1.54, 1.807) is 0 Å². The predicted octanol–water partition coefficient (Wildman–Crippen LogP) is 8.20. The summed E-state index contributed by atoms with van der Waals surface area (Å²) in [7, 11) is 0. The zero-order valence-corrected chi connectivity index (χ0v) is 20.8. The molecule has 0 rings (SSSR count). The Labute approximate surface area is 183 Å². The molecule has 0 heterocycles. The van der Waals surface area contributed by atoms with E-state index >= 15 is 0 Å². The van der Waals surface area contributed by atoms with Crippen LogP contribution >= 0.6 is 12.2 Å². The lowest BCUT2D eigenvalue weighted by Crippen LogP contribution is -2.44. The van der Waals surface area contributed by atoms with Crippen molar-refractivity contribution in [3.05, 3.63) is 0 Å². The molecule has 28 heavy (non-hydrogen) atoms. The molecule has 0 spiro atoms. The average Bonchev–Trinajstić information content (AvgIpc) is 2.71. The molecular weight excluding hydrogens is 360 g/mol. The van der Waals surface area contributed by atoms with E-state index < -0.39 is 0 Å². The smallest absolute Gasteiger partial charge is 0.171 e. The van der Waals surface area contributed by atoms with E-state index in [-0.39, 0.29) is 0 Å². The molecule has 168 valence electrons. The van der Waals surface area contributed by atoms with Crippen LogP contribution in [-0.4, -0.2) is 41.1 Å². The van der Waals surface area contributed by atoms with Gasteiger partial charge in [0.05, 0.1) is 0 Å². The summed E-state index contributed by atoms with van der Waals surface area (Å²) in [5.74, 6) is 0. The molecule has 3 heteroatoms. The molecule has 0 aromatic rings. The molecule has 0 aliphatic heterocycles. The van der Waals surface area contributed by atoms with Gasteiger partial charge >= 0.3 is 0 Å². The second-order valence-electron chi connectivity index (χ2n) is 8.50. The minimum absolute atomic E-state index is 1.15. The maximum Gasteiger partial charge on any atom is 0.171 e. The zero-order valence-electron chi connectivity index (χ0n) is 19.9. The van der Waals surface area contributed by atoms with Gasteiger partial charge < -0.3 is 9.80 Å². The molecule has 2 nitrogen and oxygen atoms in total. The van der Waals surface area contributed by atoms with E-state index in [9.17, 15) is 0 Å². The minimum atomic E-state index is 1.15. The Balaban J connectivity index is 4.72. The van der Waals surface area contributed by atoms with E-state index in [0.717, 1.165) is 31.3 Å². The Morgan fingerprint density at radius 2 is 0.679 bits per heavy atom. The summed E-state index contributed by atoms with van der Waals surface area (Å²) in [6.45, 7) is 13.8. The summed E-state index contributed by atoms with van der Waals surface area (Å²) in [6, 6.07) is 0. The lowest BCUT2D eigenvalue weighted by atomic mass is 10.1. The highest BCUT2D eigenvalue weighted by Crippen LogP contribution is 2.12. The van der Waals surface area contributed by atoms with Gasteiger partial charge in [-0.15, -0.1) is 0 Å². The van der Waals surface area contributed by atoms with E-state index in [2.05, 4.69) is 37.5 Å². The van der Waals surface area contributed by atoms with Crippen LogP contribution in [0.2, 0.25) is 0 Å². The lowest BCUT2D eigenvalue weighted by molar-refractivity contribution is 0.305. The van der Waals surface area contributed by atoms with E-state index in [1.807, 2.05) is 0 Å². The first-order valence-corrected chi connectivity index (χ1v) is 13.2. The van der Waals surface area contributed by atoms with Gasteiger partial charge in [0.25, 0.3) is 0 Å². The van der Waals surface area contributed by atoms with Crippen molar-refractivity contribution in [2.24, 2.45) is 0 Å². The number of nitrogens with zero attached hydrogens (tertiary/aromatic N) is 2. The van der Waals surface area contributed by atoms with Gasteiger partial charge in [-0.05, 0) is 37.9 Å². The van der Waals surface area contributed by atoms with Crippen LogP contribution in [-0.2, 0) is 0 Å². The first kappa shape index (κ1) is 27.7. The molecule has 0 N–H and O–H groups in total. The van der Waals surface area contributed by atoms with Crippen molar-refractivity contribution in [2.45, 2.75) is 130 Å². The Bertz CT molecular complexity index is 279. The van der Waals surface area contributed by atoms with Gasteiger partial charge in [0.15, 0.2) is 5.11 Å². The summed E-state index contributed by atoms with van der Waals surface area (Å²) in [5.41, 5.74) is 0. The van der Waals surface area contributed by atoms with Gasteiger partial charge in [-0.3, -0.25) is 0 Å². The second-order valence-corrected chi connectivity index (χ2v) is 8.86. The number of hydrogen-bond acceptors (Lipinski definition) is 1. The SMILES string of the molecule is CCCCCCN(CCCCCC)C(=S)N(CCCCCC)CCCCCC. The Morgan fingerprint density at radius 3 is 0.893 bits per heavy atom. The summed E-state index contributed by atoms with van der Waals surface area (Å²) >= 11 is 6.06. The Kier molecular flexibility index (Phi) is 21.2. The minimum Gasteiger partial charge on any atom is -0.349 e. The van der Waals surface area contributed by atoms with Crippen LogP contribution in [0.25, 0.3) is 0 Å². The molecular formula is C25H52N2S. The highest BCUT2D eigenvalue weighted by Gasteiger charge is 2.16. The van der Waals surface area contributed by atoms with Crippen molar-refractivity contribution in [1.29, 1.82) is 0 Å². The van der Waals surface area contributed by atoms with Crippen molar-refractivity contribution in [1.82, 2.24) is 9.80 Å². The molecule has 0 amide bonds. The van der Waals surface area contributed by atoms with Gasteiger partial charge in [0, 0.05) is 26.2 Å². The van der Waals surface area contributed by atoms with Gasteiger partial charge in [0.2, 0.25) is 0 Å². The summed E-state index contributed by atoms with van der Waals surface area (Å²) in [6.07, 6.45) is 21.2. The molecule has 0 fully saturated rings. The van der Waals surface area contributed by atoms with Crippen molar-refractivity contribution in [3.8, 4) is 0 Å². The first-order valence-electron chi connectivity index (χ1n) is 12.7. The van der Waals surface area contributed by atoms with Crippen LogP contribution < -0.4 is 0 Å². The Morgan fingerprint density at radius 1 is 0.429 bits per heavy atom. The molecule has 0 aromatic heterocycles.